The summed E-state index contributed by atoms with van der Waals surface area (Å²) in [6, 6.07) is 6.34. The first kappa shape index (κ1) is 13.1. The first-order valence-corrected chi connectivity index (χ1v) is 5.27. The first-order chi connectivity index (χ1) is 7.86. The topological polar surface area (TPSA) is 60.2 Å². The molecule has 1 rings (SSSR count). The number of ketones is 1. The largest absolute Gasteiger partial charge is 0.294 e. The van der Waals surface area contributed by atoms with Gasteiger partial charge in [-0.2, -0.15) is 0 Å². The molecular formula is C13H15NO3. The molecule has 0 saturated heterocycles. The Morgan fingerprint density at radius 3 is 2.71 bits per heavy atom. The van der Waals surface area contributed by atoms with E-state index in [-0.39, 0.29) is 11.5 Å². The molecule has 0 aromatic heterocycles. The van der Waals surface area contributed by atoms with Crippen molar-refractivity contribution in [3.63, 3.8) is 0 Å². The second kappa shape index (κ2) is 4.91. The summed E-state index contributed by atoms with van der Waals surface area (Å²) >= 11 is 0. The van der Waals surface area contributed by atoms with Crippen molar-refractivity contribution in [2.45, 2.75) is 20.3 Å². The van der Waals surface area contributed by atoms with E-state index in [2.05, 4.69) is 6.58 Å². The Bertz CT molecular complexity index is 463. The molecule has 0 fully saturated rings. The summed E-state index contributed by atoms with van der Waals surface area (Å²) in [6.07, 6.45) is 1.75. The Kier molecular flexibility index (Phi) is 3.78. The molecule has 0 radical (unpaired) electrons. The lowest BCUT2D eigenvalue weighted by Crippen LogP contribution is -2.24. The van der Waals surface area contributed by atoms with Crippen molar-refractivity contribution in [1.82, 2.24) is 0 Å². The van der Waals surface area contributed by atoms with Gasteiger partial charge in [0, 0.05) is 17.5 Å². The van der Waals surface area contributed by atoms with Gasteiger partial charge in [-0.05, 0) is 18.1 Å². The molecular weight excluding hydrogens is 218 g/mol. The zero-order valence-electron chi connectivity index (χ0n) is 9.97. The van der Waals surface area contributed by atoms with E-state index in [1.165, 1.54) is 18.2 Å². The van der Waals surface area contributed by atoms with Gasteiger partial charge in [0.2, 0.25) is 0 Å². The Balaban J connectivity index is 2.95. The lowest BCUT2D eigenvalue weighted by Gasteiger charge is -2.21. The summed E-state index contributed by atoms with van der Waals surface area (Å²) in [5.74, 6) is -0.0657. The van der Waals surface area contributed by atoms with E-state index in [1.54, 1.807) is 26.0 Å². The molecule has 4 heteroatoms. The Labute approximate surface area is 100 Å². The lowest BCUT2D eigenvalue weighted by molar-refractivity contribution is -0.384. The molecule has 4 nitrogen and oxygen atoms in total. The minimum Gasteiger partial charge on any atom is -0.294 e. The van der Waals surface area contributed by atoms with Crippen LogP contribution in [0.3, 0.4) is 0 Å². The number of non-ortho nitro benzene ring substituents is 1. The van der Waals surface area contributed by atoms with Crippen LogP contribution in [0.15, 0.2) is 36.9 Å². The van der Waals surface area contributed by atoms with Crippen LogP contribution in [-0.4, -0.2) is 10.7 Å². The van der Waals surface area contributed by atoms with Crippen molar-refractivity contribution in [2.24, 2.45) is 5.41 Å². The van der Waals surface area contributed by atoms with Gasteiger partial charge in [0.1, 0.15) is 0 Å². The molecule has 1 aromatic carbocycles. The molecule has 1 aromatic rings. The molecule has 0 aliphatic rings. The number of nitro groups is 1. The smallest absolute Gasteiger partial charge is 0.269 e. The molecule has 0 unspecified atom stereocenters. The normalized spacial score (nSPS) is 10.9. The summed E-state index contributed by atoms with van der Waals surface area (Å²) in [7, 11) is 0. The standard InChI is InChI=1S/C13H15NO3/c1-4-12(15)13(2,3)9-10-6-5-7-11(8-10)14(16)17/h4-8H,1,9H2,2-3H3. The molecule has 17 heavy (non-hydrogen) atoms. The van der Waals surface area contributed by atoms with Crippen molar-refractivity contribution < 1.29 is 9.72 Å². The molecule has 0 spiro atoms. The third-order valence-corrected chi connectivity index (χ3v) is 2.62. The van der Waals surface area contributed by atoms with Gasteiger partial charge in [0.25, 0.3) is 5.69 Å². The zero-order chi connectivity index (χ0) is 13.1. The fourth-order valence-corrected chi connectivity index (χ4v) is 1.65. The van der Waals surface area contributed by atoms with Gasteiger partial charge in [-0.1, -0.05) is 32.6 Å². The van der Waals surface area contributed by atoms with Crippen molar-refractivity contribution >= 4 is 11.5 Å². The Morgan fingerprint density at radius 2 is 2.18 bits per heavy atom. The highest BCUT2D eigenvalue weighted by Gasteiger charge is 2.25. The maximum absolute atomic E-state index is 11.6. The second-order valence-electron chi connectivity index (χ2n) is 4.56. The highest BCUT2D eigenvalue weighted by molar-refractivity contribution is 5.93. The van der Waals surface area contributed by atoms with Crippen molar-refractivity contribution in [3.8, 4) is 0 Å². The summed E-state index contributed by atoms with van der Waals surface area (Å²) in [4.78, 5) is 21.8. The third kappa shape index (κ3) is 3.24. The van der Waals surface area contributed by atoms with Crippen LogP contribution >= 0.6 is 0 Å². The Morgan fingerprint density at radius 1 is 1.53 bits per heavy atom. The highest BCUT2D eigenvalue weighted by Crippen LogP contribution is 2.25. The SMILES string of the molecule is C=CC(=O)C(C)(C)Cc1cccc([N+](=O)[O-])c1. The van der Waals surface area contributed by atoms with Crippen molar-refractivity contribution in [3.05, 3.63) is 52.6 Å². The van der Waals surface area contributed by atoms with E-state index in [0.29, 0.717) is 6.42 Å². The lowest BCUT2D eigenvalue weighted by atomic mass is 9.81. The first-order valence-electron chi connectivity index (χ1n) is 5.27. The number of nitrogens with zero attached hydrogens (tertiary/aromatic N) is 1. The maximum atomic E-state index is 11.6. The summed E-state index contributed by atoms with van der Waals surface area (Å²) in [5.41, 5.74) is 0.237. The second-order valence-corrected chi connectivity index (χ2v) is 4.56. The molecule has 0 amide bonds. The number of benzene rings is 1. The maximum Gasteiger partial charge on any atom is 0.269 e. The van der Waals surface area contributed by atoms with Gasteiger partial charge in [-0.3, -0.25) is 14.9 Å². The van der Waals surface area contributed by atoms with Crippen LogP contribution in [-0.2, 0) is 11.2 Å². The van der Waals surface area contributed by atoms with E-state index in [9.17, 15) is 14.9 Å². The van der Waals surface area contributed by atoms with E-state index in [0.717, 1.165) is 5.56 Å². The van der Waals surface area contributed by atoms with Gasteiger partial charge >= 0.3 is 0 Å². The van der Waals surface area contributed by atoms with Crippen LogP contribution in [0.4, 0.5) is 5.69 Å². The average Bonchev–Trinajstić information content (AvgIpc) is 2.27. The van der Waals surface area contributed by atoms with Gasteiger partial charge < -0.3 is 0 Å². The number of hydrogen-bond donors (Lipinski definition) is 0. The quantitative estimate of drug-likeness (QED) is 0.446. The van der Waals surface area contributed by atoms with E-state index in [4.69, 9.17) is 0 Å². The minimum atomic E-state index is -0.586. The predicted octanol–water partition coefficient (Wildman–Crippen LogP) is 2.92. The molecule has 0 heterocycles. The molecule has 0 N–H and O–H groups in total. The average molecular weight is 233 g/mol. The van der Waals surface area contributed by atoms with Crippen molar-refractivity contribution in [2.75, 3.05) is 0 Å². The number of allylic oxidation sites excluding steroid dienone is 1. The number of nitro benzene ring substituents is 1. The highest BCUT2D eigenvalue weighted by atomic mass is 16.6. The number of carbonyl (C=O) groups is 1. The summed E-state index contributed by atoms with van der Waals surface area (Å²) in [6.45, 7) is 7.06. The van der Waals surface area contributed by atoms with E-state index >= 15 is 0 Å². The van der Waals surface area contributed by atoms with Crippen LogP contribution in [0.25, 0.3) is 0 Å². The number of rotatable bonds is 5. The molecule has 0 saturated carbocycles. The van der Waals surface area contributed by atoms with Crippen molar-refractivity contribution in [1.29, 1.82) is 0 Å². The molecule has 0 atom stereocenters. The van der Waals surface area contributed by atoms with Gasteiger partial charge in [0.05, 0.1) is 4.92 Å². The van der Waals surface area contributed by atoms with Gasteiger partial charge in [0.15, 0.2) is 5.78 Å². The van der Waals surface area contributed by atoms with Crippen LogP contribution in [0, 0.1) is 15.5 Å². The van der Waals surface area contributed by atoms with E-state index < -0.39 is 10.3 Å². The molecule has 0 aliphatic carbocycles. The van der Waals surface area contributed by atoms with Gasteiger partial charge in [-0.15, -0.1) is 0 Å². The van der Waals surface area contributed by atoms with E-state index in [1.807, 2.05) is 0 Å². The molecule has 90 valence electrons. The number of hydrogen-bond acceptors (Lipinski definition) is 3. The summed E-state index contributed by atoms with van der Waals surface area (Å²) in [5, 5.41) is 10.6. The minimum absolute atomic E-state index is 0.0457. The summed E-state index contributed by atoms with van der Waals surface area (Å²) < 4.78 is 0. The van der Waals surface area contributed by atoms with Gasteiger partial charge in [-0.25, -0.2) is 0 Å². The van der Waals surface area contributed by atoms with Crippen LogP contribution in [0.5, 0.6) is 0 Å². The fourth-order valence-electron chi connectivity index (χ4n) is 1.65. The monoisotopic (exact) mass is 233 g/mol. The molecule has 0 aliphatic heterocycles. The third-order valence-electron chi connectivity index (χ3n) is 2.62. The number of carbonyl (C=O) groups excluding carboxylic acids is 1. The zero-order valence-corrected chi connectivity index (χ0v) is 9.97. The molecule has 0 bridgehead atoms. The van der Waals surface area contributed by atoms with Crippen LogP contribution in [0.2, 0.25) is 0 Å². The Hall–Kier alpha value is -1.97. The fraction of sp³-hybridized carbons (Fsp3) is 0.308. The van der Waals surface area contributed by atoms with Crippen LogP contribution < -0.4 is 0 Å². The predicted molar refractivity (Wildman–Crippen MR) is 65.8 cm³/mol. The van der Waals surface area contributed by atoms with Crippen LogP contribution in [0.1, 0.15) is 19.4 Å².